The summed E-state index contributed by atoms with van der Waals surface area (Å²) in [5.74, 6) is 0. The van der Waals surface area contributed by atoms with Crippen molar-refractivity contribution < 1.29 is 8.42 Å². The van der Waals surface area contributed by atoms with Gasteiger partial charge in [0.1, 0.15) is 0 Å². The molecule has 1 aromatic rings. The third-order valence-electron chi connectivity index (χ3n) is 3.45. The molecule has 1 heterocycles. The second kappa shape index (κ2) is 6.07. The lowest BCUT2D eigenvalue weighted by atomic mass is 9.91. The molecule has 0 aromatic carbocycles. The van der Waals surface area contributed by atoms with E-state index >= 15 is 0 Å². The number of rotatable bonds is 7. The van der Waals surface area contributed by atoms with Crippen molar-refractivity contribution in [2.75, 3.05) is 13.6 Å². The smallest absolute Gasteiger partial charge is 0.242 e. The maximum Gasteiger partial charge on any atom is 0.242 e. The minimum Gasteiger partial charge on any atom is -0.352 e. The topological polar surface area (TPSA) is 63.1 Å². The lowest BCUT2D eigenvalue weighted by Crippen LogP contribution is -2.33. The van der Waals surface area contributed by atoms with Crippen molar-refractivity contribution in [2.24, 2.45) is 12.5 Å². The summed E-state index contributed by atoms with van der Waals surface area (Å²) in [6, 6.07) is 1.71. The molecule has 0 spiro atoms. The highest BCUT2D eigenvalue weighted by Crippen LogP contribution is 2.20. The van der Waals surface area contributed by atoms with Crippen molar-refractivity contribution in [3.05, 3.63) is 18.0 Å². The average molecular weight is 287 g/mol. The molecule has 0 saturated heterocycles. The van der Waals surface area contributed by atoms with Crippen LogP contribution in [0.25, 0.3) is 0 Å². The molecule has 6 heteroatoms. The quantitative estimate of drug-likeness (QED) is 0.798. The van der Waals surface area contributed by atoms with Gasteiger partial charge in [0.05, 0.1) is 4.90 Å². The Morgan fingerprint density at radius 2 is 2.00 bits per heavy atom. The highest BCUT2D eigenvalue weighted by molar-refractivity contribution is 7.89. The maximum atomic E-state index is 12.2. The van der Waals surface area contributed by atoms with Crippen LogP contribution in [0, 0.1) is 5.41 Å². The largest absolute Gasteiger partial charge is 0.352 e. The van der Waals surface area contributed by atoms with Gasteiger partial charge < -0.3 is 9.88 Å². The average Bonchev–Trinajstić information content (AvgIpc) is 2.70. The van der Waals surface area contributed by atoms with E-state index in [1.54, 1.807) is 12.3 Å². The van der Waals surface area contributed by atoms with E-state index in [2.05, 4.69) is 17.0 Å². The molecule has 0 amide bonds. The van der Waals surface area contributed by atoms with Crippen LogP contribution in [-0.4, -0.2) is 26.6 Å². The zero-order valence-electron chi connectivity index (χ0n) is 12.4. The molecule has 110 valence electrons. The fourth-order valence-corrected chi connectivity index (χ4v) is 2.92. The van der Waals surface area contributed by atoms with Gasteiger partial charge >= 0.3 is 0 Å². The van der Waals surface area contributed by atoms with E-state index in [1.807, 2.05) is 32.5 Å². The van der Waals surface area contributed by atoms with Gasteiger partial charge in [-0.3, -0.25) is 0 Å². The zero-order chi connectivity index (χ0) is 14.7. The summed E-state index contributed by atoms with van der Waals surface area (Å²) < 4.78 is 29.0. The molecule has 0 fully saturated rings. The van der Waals surface area contributed by atoms with Crippen LogP contribution < -0.4 is 10.0 Å². The van der Waals surface area contributed by atoms with Crippen LogP contribution in [0.5, 0.6) is 0 Å². The zero-order valence-corrected chi connectivity index (χ0v) is 13.3. The van der Waals surface area contributed by atoms with Crippen molar-refractivity contribution in [1.29, 1.82) is 0 Å². The normalized spacial score (nSPS) is 12.9. The van der Waals surface area contributed by atoms with Gasteiger partial charge in [-0.25, -0.2) is 13.1 Å². The molecule has 0 aliphatic heterocycles. The Bertz CT molecular complexity index is 518. The maximum absolute atomic E-state index is 12.2. The molecule has 0 bridgehead atoms. The van der Waals surface area contributed by atoms with Crippen molar-refractivity contribution in [3.8, 4) is 0 Å². The van der Waals surface area contributed by atoms with Gasteiger partial charge in [0.15, 0.2) is 0 Å². The number of hydrogen-bond acceptors (Lipinski definition) is 3. The Labute approximate surface area is 116 Å². The summed E-state index contributed by atoms with van der Waals surface area (Å²) in [5, 5.41) is 3.02. The van der Waals surface area contributed by atoms with E-state index < -0.39 is 10.0 Å². The molecule has 0 unspecified atom stereocenters. The first-order valence-electron chi connectivity index (χ1n) is 6.51. The Morgan fingerprint density at radius 1 is 1.37 bits per heavy atom. The second-order valence-electron chi connectivity index (χ2n) is 5.65. The van der Waals surface area contributed by atoms with Crippen molar-refractivity contribution in [2.45, 2.75) is 38.6 Å². The minimum absolute atomic E-state index is 0.0321. The van der Waals surface area contributed by atoms with Gasteiger partial charge in [0, 0.05) is 32.0 Å². The van der Waals surface area contributed by atoms with Crippen LogP contribution in [0.2, 0.25) is 0 Å². The van der Waals surface area contributed by atoms with Gasteiger partial charge in [0.25, 0.3) is 0 Å². The molecule has 0 aliphatic carbocycles. The predicted octanol–water partition coefficient (Wildman–Crippen LogP) is 1.46. The van der Waals surface area contributed by atoms with E-state index in [4.69, 9.17) is 0 Å². The molecule has 1 rings (SSSR count). The van der Waals surface area contributed by atoms with E-state index in [0.29, 0.717) is 18.0 Å². The summed E-state index contributed by atoms with van der Waals surface area (Å²) in [4.78, 5) is 0.326. The fraction of sp³-hybridized carbons (Fsp3) is 0.692. The SMILES string of the molecule is CCC(C)(C)CNS(=O)(=O)c1cc(CNC)n(C)c1. The summed E-state index contributed by atoms with van der Waals surface area (Å²) in [6.07, 6.45) is 2.57. The number of hydrogen-bond donors (Lipinski definition) is 2. The number of aryl methyl sites for hydroxylation is 1. The summed E-state index contributed by atoms with van der Waals surface area (Å²) in [6.45, 7) is 7.25. The molecular formula is C13H25N3O2S. The van der Waals surface area contributed by atoms with Crippen molar-refractivity contribution >= 4 is 10.0 Å². The highest BCUT2D eigenvalue weighted by atomic mass is 32.2. The molecule has 19 heavy (non-hydrogen) atoms. The van der Waals surface area contributed by atoms with Gasteiger partial charge in [0.2, 0.25) is 10.0 Å². The number of nitrogens with one attached hydrogen (secondary N) is 2. The van der Waals surface area contributed by atoms with Crippen molar-refractivity contribution in [1.82, 2.24) is 14.6 Å². The Kier molecular flexibility index (Phi) is 5.18. The van der Waals surface area contributed by atoms with Gasteiger partial charge in [-0.2, -0.15) is 0 Å². The summed E-state index contributed by atoms with van der Waals surface area (Å²) >= 11 is 0. The second-order valence-corrected chi connectivity index (χ2v) is 7.42. The van der Waals surface area contributed by atoms with E-state index in [-0.39, 0.29) is 5.41 Å². The number of sulfonamides is 1. The molecule has 0 radical (unpaired) electrons. The van der Waals surface area contributed by atoms with Crippen LogP contribution in [-0.2, 0) is 23.6 Å². The summed E-state index contributed by atoms with van der Waals surface area (Å²) in [7, 11) is 0.263. The Hall–Kier alpha value is -0.850. The first kappa shape index (κ1) is 16.2. The lowest BCUT2D eigenvalue weighted by molar-refractivity contribution is 0.350. The lowest BCUT2D eigenvalue weighted by Gasteiger charge is -2.22. The molecule has 0 aliphatic rings. The fourth-order valence-electron chi connectivity index (χ4n) is 1.58. The Morgan fingerprint density at radius 3 is 2.53 bits per heavy atom. The van der Waals surface area contributed by atoms with Crippen LogP contribution in [0.1, 0.15) is 32.9 Å². The van der Waals surface area contributed by atoms with Crippen LogP contribution in [0.15, 0.2) is 17.2 Å². The van der Waals surface area contributed by atoms with Gasteiger partial charge in [-0.1, -0.05) is 20.8 Å². The number of aromatic nitrogens is 1. The molecular weight excluding hydrogens is 262 g/mol. The highest BCUT2D eigenvalue weighted by Gasteiger charge is 2.22. The number of nitrogens with zero attached hydrogens (tertiary/aromatic N) is 1. The molecule has 2 N–H and O–H groups in total. The van der Waals surface area contributed by atoms with Crippen molar-refractivity contribution in [3.63, 3.8) is 0 Å². The monoisotopic (exact) mass is 287 g/mol. The van der Waals surface area contributed by atoms with E-state index in [0.717, 1.165) is 12.1 Å². The molecule has 0 saturated carbocycles. The minimum atomic E-state index is -3.42. The molecule has 0 atom stereocenters. The van der Waals surface area contributed by atoms with Gasteiger partial charge in [-0.15, -0.1) is 0 Å². The third kappa shape index (κ3) is 4.33. The standard InChI is InChI=1S/C13H25N3O2S/c1-6-13(2,3)10-15-19(17,18)12-7-11(8-14-4)16(5)9-12/h7,9,14-15H,6,8,10H2,1-5H3. The van der Waals surface area contributed by atoms with Crippen LogP contribution in [0.4, 0.5) is 0 Å². The first-order valence-corrected chi connectivity index (χ1v) is 7.99. The third-order valence-corrected chi connectivity index (χ3v) is 4.82. The Balaban J connectivity index is 2.86. The van der Waals surface area contributed by atoms with E-state index in [9.17, 15) is 8.42 Å². The predicted molar refractivity (Wildman–Crippen MR) is 77.4 cm³/mol. The summed E-state index contributed by atoms with van der Waals surface area (Å²) in [5.41, 5.74) is 0.910. The molecule has 1 aromatic heterocycles. The van der Waals surface area contributed by atoms with Crippen LogP contribution >= 0.6 is 0 Å². The van der Waals surface area contributed by atoms with E-state index in [1.165, 1.54) is 0 Å². The first-order chi connectivity index (χ1) is 8.72. The van der Waals surface area contributed by atoms with Crippen LogP contribution in [0.3, 0.4) is 0 Å². The molecule has 5 nitrogen and oxygen atoms in total. The van der Waals surface area contributed by atoms with Gasteiger partial charge in [-0.05, 0) is 24.9 Å².